The lowest BCUT2D eigenvalue weighted by Crippen LogP contribution is -2.17. The zero-order valence-corrected chi connectivity index (χ0v) is 9.33. The third kappa shape index (κ3) is 2.08. The maximum Gasteiger partial charge on any atom is 0.505 e. The fraction of sp³-hybridized carbons (Fsp3) is 0.111. The fourth-order valence-electron chi connectivity index (χ4n) is 1.18. The van der Waals surface area contributed by atoms with Crippen molar-refractivity contribution in [2.75, 3.05) is 0 Å². The number of aromatic nitrogens is 3. The smallest absolute Gasteiger partial charge is 0.158 e. The van der Waals surface area contributed by atoms with Crippen molar-refractivity contribution in [2.45, 2.75) is 6.30 Å². The first kappa shape index (κ1) is 11.1. The zero-order valence-electron chi connectivity index (χ0n) is 7.74. The Morgan fingerprint density at radius 3 is 2.44 bits per heavy atom. The quantitative estimate of drug-likeness (QED) is 0.808. The van der Waals surface area contributed by atoms with Crippen molar-refractivity contribution in [2.24, 2.45) is 0 Å². The van der Waals surface area contributed by atoms with Gasteiger partial charge in [0.25, 0.3) is 0 Å². The standard InChI is InChI=1S/C9H5BrF3N3/c10-7-4-2-1-3-6(7)8-5-16(15-14-8)9(11,12)13/h1-5H. The number of alkyl halides is 3. The van der Waals surface area contributed by atoms with E-state index in [9.17, 15) is 13.2 Å². The highest BCUT2D eigenvalue weighted by molar-refractivity contribution is 9.10. The second-order valence-electron chi connectivity index (χ2n) is 3.00. The average Bonchev–Trinajstić information content (AvgIpc) is 2.66. The maximum atomic E-state index is 12.3. The van der Waals surface area contributed by atoms with Crippen LogP contribution < -0.4 is 0 Å². The molecule has 0 N–H and O–H groups in total. The summed E-state index contributed by atoms with van der Waals surface area (Å²) in [6, 6.07) is 6.87. The molecule has 84 valence electrons. The molecule has 0 aliphatic rings. The van der Waals surface area contributed by atoms with Gasteiger partial charge in [-0.05, 0) is 6.07 Å². The molecule has 16 heavy (non-hydrogen) atoms. The highest BCUT2D eigenvalue weighted by atomic mass is 79.9. The lowest BCUT2D eigenvalue weighted by Gasteiger charge is -2.02. The molecule has 7 heteroatoms. The van der Waals surface area contributed by atoms with Crippen molar-refractivity contribution in [1.29, 1.82) is 0 Å². The van der Waals surface area contributed by atoms with E-state index >= 15 is 0 Å². The molecular formula is C9H5BrF3N3. The van der Waals surface area contributed by atoms with Gasteiger partial charge in [0.2, 0.25) is 0 Å². The van der Waals surface area contributed by atoms with Gasteiger partial charge in [-0.1, -0.05) is 39.3 Å². The summed E-state index contributed by atoms with van der Waals surface area (Å²) in [7, 11) is 0. The first-order valence-electron chi connectivity index (χ1n) is 4.23. The summed E-state index contributed by atoms with van der Waals surface area (Å²) in [5.41, 5.74) is 0.739. The number of hydrogen-bond acceptors (Lipinski definition) is 2. The first-order chi connectivity index (χ1) is 7.48. The van der Waals surface area contributed by atoms with Crippen LogP contribution in [0.4, 0.5) is 13.2 Å². The minimum Gasteiger partial charge on any atom is -0.158 e. The van der Waals surface area contributed by atoms with E-state index < -0.39 is 6.30 Å². The van der Waals surface area contributed by atoms with Gasteiger partial charge >= 0.3 is 6.30 Å². The van der Waals surface area contributed by atoms with Crippen LogP contribution in [0.5, 0.6) is 0 Å². The van der Waals surface area contributed by atoms with Crippen LogP contribution >= 0.6 is 15.9 Å². The van der Waals surface area contributed by atoms with Gasteiger partial charge in [-0.15, -0.1) is 18.3 Å². The Bertz CT molecular complexity index is 507. The molecule has 2 aromatic rings. The van der Waals surface area contributed by atoms with E-state index in [4.69, 9.17) is 0 Å². The Hall–Kier alpha value is -1.37. The van der Waals surface area contributed by atoms with Gasteiger partial charge in [0.15, 0.2) is 0 Å². The third-order valence-corrected chi connectivity index (χ3v) is 2.59. The molecule has 0 bridgehead atoms. The molecule has 1 heterocycles. The Balaban J connectivity index is 2.44. The van der Waals surface area contributed by atoms with Crippen molar-refractivity contribution in [3.8, 4) is 11.3 Å². The molecule has 2 rings (SSSR count). The number of hydrogen-bond donors (Lipinski definition) is 0. The summed E-state index contributed by atoms with van der Waals surface area (Å²) < 4.78 is 37.3. The molecule has 0 spiro atoms. The molecule has 0 atom stereocenters. The summed E-state index contributed by atoms with van der Waals surface area (Å²) in [6.07, 6.45) is -3.69. The SMILES string of the molecule is FC(F)(F)n1cc(-c2ccccc2Br)nn1. The lowest BCUT2D eigenvalue weighted by atomic mass is 10.2. The lowest BCUT2D eigenvalue weighted by molar-refractivity contribution is -0.213. The minimum atomic E-state index is -4.54. The van der Waals surface area contributed by atoms with Crippen LogP contribution in [-0.4, -0.2) is 15.0 Å². The highest BCUT2D eigenvalue weighted by Gasteiger charge is 2.32. The van der Waals surface area contributed by atoms with E-state index in [2.05, 4.69) is 26.2 Å². The topological polar surface area (TPSA) is 30.7 Å². The summed E-state index contributed by atoms with van der Waals surface area (Å²) in [6.45, 7) is 0. The Morgan fingerprint density at radius 2 is 1.88 bits per heavy atom. The molecule has 3 nitrogen and oxygen atoms in total. The summed E-state index contributed by atoms with van der Waals surface area (Å²) in [4.78, 5) is 0. The summed E-state index contributed by atoms with van der Waals surface area (Å²) in [5, 5.41) is 6.50. The van der Waals surface area contributed by atoms with E-state index in [0.717, 1.165) is 6.20 Å². The zero-order chi connectivity index (χ0) is 11.8. The molecule has 0 saturated heterocycles. The molecule has 0 amide bonds. The van der Waals surface area contributed by atoms with Crippen LogP contribution in [0.25, 0.3) is 11.3 Å². The molecule has 1 aromatic heterocycles. The molecule has 0 unspecified atom stereocenters. The second-order valence-corrected chi connectivity index (χ2v) is 3.85. The van der Waals surface area contributed by atoms with Gasteiger partial charge in [-0.2, -0.15) is 4.68 Å². The highest BCUT2D eigenvalue weighted by Crippen LogP contribution is 2.28. The van der Waals surface area contributed by atoms with Gasteiger partial charge in [-0.25, -0.2) is 0 Å². The predicted molar refractivity (Wildman–Crippen MR) is 54.5 cm³/mol. The molecular weight excluding hydrogens is 287 g/mol. The Kier molecular flexibility index (Phi) is 2.71. The number of halogens is 4. The third-order valence-electron chi connectivity index (χ3n) is 1.90. The average molecular weight is 292 g/mol. The Morgan fingerprint density at radius 1 is 1.19 bits per heavy atom. The molecule has 0 saturated carbocycles. The second kappa shape index (κ2) is 3.89. The molecule has 0 radical (unpaired) electrons. The largest absolute Gasteiger partial charge is 0.505 e. The van der Waals surface area contributed by atoms with Crippen molar-refractivity contribution < 1.29 is 13.2 Å². The number of nitrogens with zero attached hydrogens (tertiary/aromatic N) is 3. The Labute approximate surface area is 97.0 Å². The van der Waals surface area contributed by atoms with Crippen molar-refractivity contribution in [3.63, 3.8) is 0 Å². The van der Waals surface area contributed by atoms with Gasteiger partial charge in [-0.3, -0.25) is 0 Å². The molecule has 0 aliphatic heterocycles. The number of rotatable bonds is 1. The van der Waals surface area contributed by atoms with Gasteiger partial charge in [0.1, 0.15) is 5.69 Å². The van der Waals surface area contributed by atoms with Crippen molar-refractivity contribution in [1.82, 2.24) is 15.0 Å². The van der Waals surface area contributed by atoms with Gasteiger partial charge in [0.05, 0.1) is 6.20 Å². The van der Waals surface area contributed by atoms with Gasteiger partial charge < -0.3 is 0 Å². The van der Waals surface area contributed by atoms with Crippen LogP contribution in [0.15, 0.2) is 34.9 Å². The number of benzene rings is 1. The normalized spacial score (nSPS) is 11.8. The molecule has 0 aliphatic carbocycles. The predicted octanol–water partition coefficient (Wildman–Crippen LogP) is 3.18. The van der Waals surface area contributed by atoms with E-state index in [1.807, 2.05) is 0 Å². The van der Waals surface area contributed by atoms with E-state index in [1.54, 1.807) is 24.3 Å². The van der Waals surface area contributed by atoms with Crippen LogP contribution in [0.2, 0.25) is 0 Å². The first-order valence-corrected chi connectivity index (χ1v) is 5.02. The summed E-state index contributed by atoms with van der Waals surface area (Å²) >= 11 is 3.23. The van der Waals surface area contributed by atoms with Crippen LogP contribution in [0.1, 0.15) is 0 Å². The van der Waals surface area contributed by atoms with E-state index in [1.165, 1.54) is 0 Å². The van der Waals surface area contributed by atoms with Crippen molar-refractivity contribution >= 4 is 15.9 Å². The van der Waals surface area contributed by atoms with E-state index in [-0.39, 0.29) is 10.4 Å². The van der Waals surface area contributed by atoms with Gasteiger partial charge in [0, 0.05) is 10.0 Å². The van der Waals surface area contributed by atoms with Crippen molar-refractivity contribution in [3.05, 3.63) is 34.9 Å². The minimum absolute atomic E-state index is 0.123. The maximum absolute atomic E-state index is 12.3. The van der Waals surface area contributed by atoms with Crippen LogP contribution in [0.3, 0.4) is 0 Å². The molecule has 1 aromatic carbocycles. The summed E-state index contributed by atoms with van der Waals surface area (Å²) in [5.74, 6) is 0. The van der Waals surface area contributed by atoms with Crippen LogP contribution in [0, 0.1) is 0 Å². The monoisotopic (exact) mass is 291 g/mol. The fourth-order valence-corrected chi connectivity index (χ4v) is 1.67. The van der Waals surface area contributed by atoms with E-state index in [0.29, 0.717) is 10.0 Å². The van der Waals surface area contributed by atoms with Crippen LogP contribution in [-0.2, 0) is 6.30 Å². The molecule has 0 fully saturated rings.